The van der Waals surface area contributed by atoms with Crippen molar-refractivity contribution < 1.29 is 5.11 Å². The van der Waals surface area contributed by atoms with Gasteiger partial charge in [0.05, 0.1) is 18.3 Å². The first-order chi connectivity index (χ1) is 3.50. The topological polar surface area (TPSA) is 98.3 Å². The van der Waals surface area contributed by atoms with E-state index in [0.29, 0.717) is 0 Å². The van der Waals surface area contributed by atoms with Crippen LogP contribution in [0.4, 0.5) is 0 Å². The average Bonchev–Trinajstić information content (AvgIpc) is 1.67. The third-order valence-electron chi connectivity index (χ3n) is 1.10. The molecule has 1 unspecified atom stereocenters. The smallest absolute Gasteiger partial charge is 0.0726 e. The summed E-state index contributed by atoms with van der Waals surface area (Å²) in [6.07, 6.45) is -0.660. The molecule has 0 bridgehead atoms. The maximum Gasteiger partial charge on any atom is 0.0726 e. The first kappa shape index (κ1) is 7.84. The summed E-state index contributed by atoms with van der Waals surface area (Å²) in [5.41, 5.74) is 14.9. The summed E-state index contributed by atoms with van der Waals surface area (Å²) in [4.78, 5) is 0. The summed E-state index contributed by atoms with van der Waals surface area (Å²) >= 11 is 0. The Morgan fingerprint density at radius 2 is 2.00 bits per heavy atom. The van der Waals surface area contributed by atoms with E-state index in [2.05, 4.69) is 0 Å². The van der Waals surface area contributed by atoms with Gasteiger partial charge in [0.1, 0.15) is 0 Å². The molecular weight excluding hydrogens is 106 g/mol. The summed E-state index contributed by atoms with van der Waals surface area (Å²) in [7, 11) is 0. The Labute approximate surface area is 48.6 Å². The van der Waals surface area contributed by atoms with Crippen molar-refractivity contribution >= 4 is 0 Å². The fourth-order valence-electron chi connectivity index (χ4n) is 0.105. The lowest BCUT2D eigenvalue weighted by molar-refractivity contribution is 0.186. The van der Waals surface area contributed by atoms with Crippen LogP contribution in [0.5, 0.6) is 0 Å². The van der Waals surface area contributed by atoms with E-state index in [1.165, 1.54) is 0 Å². The Hall–Kier alpha value is -0.160. The molecule has 0 spiro atoms. The van der Waals surface area contributed by atoms with Crippen LogP contribution in [0.2, 0.25) is 0 Å². The van der Waals surface area contributed by atoms with Gasteiger partial charge in [-0.2, -0.15) is 0 Å². The summed E-state index contributed by atoms with van der Waals surface area (Å²) in [5.74, 6) is 0. The largest absolute Gasteiger partial charge is 0.394 e. The first-order valence-corrected chi connectivity index (χ1v) is 2.41. The molecule has 0 aromatic carbocycles. The van der Waals surface area contributed by atoms with Gasteiger partial charge in [-0.25, -0.2) is 0 Å². The number of rotatable bonds is 2. The van der Waals surface area contributed by atoms with E-state index in [0.717, 1.165) is 0 Å². The lowest BCUT2D eigenvalue weighted by atomic mass is 10.0. The van der Waals surface area contributed by atoms with Gasteiger partial charge in [0.25, 0.3) is 0 Å². The second-order valence-electron chi connectivity index (χ2n) is 2.19. The molecule has 0 heterocycles. The van der Waals surface area contributed by atoms with E-state index in [1.54, 1.807) is 6.92 Å². The zero-order valence-electron chi connectivity index (χ0n) is 4.96. The fraction of sp³-hybridized carbons (Fsp3) is 1.00. The van der Waals surface area contributed by atoms with Crippen molar-refractivity contribution in [3.8, 4) is 0 Å². The highest BCUT2D eigenvalue weighted by Crippen LogP contribution is 1.95. The Morgan fingerprint density at radius 3 is 2.00 bits per heavy atom. The number of nitrogens with two attached hydrogens (primary N) is 3. The minimum atomic E-state index is -0.847. The highest BCUT2D eigenvalue weighted by molar-refractivity contribution is 4.84. The van der Waals surface area contributed by atoms with Crippen LogP contribution < -0.4 is 17.2 Å². The molecular formula is C4H13N3O. The third kappa shape index (κ3) is 1.75. The van der Waals surface area contributed by atoms with E-state index in [-0.39, 0.29) is 6.61 Å². The molecule has 1 atom stereocenters. The number of aliphatic hydroxyl groups excluding tert-OH is 1. The SMILES string of the molecule is CC(N)(CO)C(N)N. The van der Waals surface area contributed by atoms with Crippen molar-refractivity contribution in [2.75, 3.05) is 6.61 Å². The van der Waals surface area contributed by atoms with Gasteiger partial charge in [-0.1, -0.05) is 0 Å². The number of hydrogen-bond acceptors (Lipinski definition) is 4. The Kier molecular flexibility index (Phi) is 2.36. The van der Waals surface area contributed by atoms with Crippen LogP contribution in [0.1, 0.15) is 6.92 Å². The van der Waals surface area contributed by atoms with Gasteiger partial charge in [-0.05, 0) is 6.92 Å². The van der Waals surface area contributed by atoms with Crippen LogP contribution in [0.3, 0.4) is 0 Å². The second-order valence-corrected chi connectivity index (χ2v) is 2.19. The molecule has 0 aliphatic carbocycles. The Morgan fingerprint density at radius 1 is 1.62 bits per heavy atom. The fourth-order valence-corrected chi connectivity index (χ4v) is 0.105. The van der Waals surface area contributed by atoms with Crippen molar-refractivity contribution in [1.29, 1.82) is 0 Å². The summed E-state index contributed by atoms with van der Waals surface area (Å²) in [6, 6.07) is 0. The highest BCUT2D eigenvalue weighted by atomic mass is 16.3. The van der Waals surface area contributed by atoms with Crippen LogP contribution in [0.25, 0.3) is 0 Å². The summed E-state index contributed by atoms with van der Waals surface area (Å²) in [6.45, 7) is 1.41. The van der Waals surface area contributed by atoms with Crippen molar-refractivity contribution in [1.82, 2.24) is 0 Å². The molecule has 0 aromatic heterocycles. The van der Waals surface area contributed by atoms with Crippen LogP contribution in [0, 0.1) is 0 Å². The zero-order valence-corrected chi connectivity index (χ0v) is 4.96. The Bertz CT molecular complexity index is 71.7. The molecule has 4 nitrogen and oxygen atoms in total. The lowest BCUT2D eigenvalue weighted by Gasteiger charge is -2.25. The quantitative estimate of drug-likeness (QED) is 0.314. The van der Waals surface area contributed by atoms with Crippen molar-refractivity contribution in [2.24, 2.45) is 17.2 Å². The molecule has 0 saturated carbocycles. The lowest BCUT2D eigenvalue weighted by Crippen LogP contribution is -2.60. The molecule has 0 fully saturated rings. The van der Waals surface area contributed by atoms with Crippen LogP contribution in [-0.4, -0.2) is 23.4 Å². The molecule has 0 aliphatic rings. The Balaban J connectivity index is 3.71. The number of aliphatic hydroxyl groups is 1. The van der Waals surface area contributed by atoms with Crippen molar-refractivity contribution in [3.05, 3.63) is 0 Å². The van der Waals surface area contributed by atoms with Gasteiger partial charge >= 0.3 is 0 Å². The molecule has 50 valence electrons. The van der Waals surface area contributed by atoms with E-state index >= 15 is 0 Å². The van der Waals surface area contributed by atoms with Gasteiger partial charge in [-0.3, -0.25) is 0 Å². The highest BCUT2D eigenvalue weighted by Gasteiger charge is 2.22. The van der Waals surface area contributed by atoms with Gasteiger partial charge in [-0.15, -0.1) is 0 Å². The number of hydrogen-bond donors (Lipinski definition) is 4. The molecule has 0 rings (SSSR count). The van der Waals surface area contributed by atoms with Crippen molar-refractivity contribution in [3.63, 3.8) is 0 Å². The molecule has 8 heavy (non-hydrogen) atoms. The second kappa shape index (κ2) is 2.41. The maximum atomic E-state index is 8.48. The molecule has 7 N–H and O–H groups in total. The third-order valence-corrected chi connectivity index (χ3v) is 1.10. The molecule has 0 aliphatic heterocycles. The van der Waals surface area contributed by atoms with Crippen LogP contribution in [-0.2, 0) is 0 Å². The molecule has 0 amide bonds. The van der Waals surface area contributed by atoms with Crippen LogP contribution in [0.15, 0.2) is 0 Å². The molecule has 0 radical (unpaired) electrons. The molecule has 0 aromatic rings. The standard InChI is InChI=1S/C4H13N3O/c1-4(7,2-8)3(5)6/h3,8H,2,5-7H2,1H3. The monoisotopic (exact) mass is 119 g/mol. The van der Waals surface area contributed by atoms with Gasteiger partial charge in [0, 0.05) is 0 Å². The predicted molar refractivity (Wildman–Crippen MR) is 31.8 cm³/mol. The van der Waals surface area contributed by atoms with Gasteiger partial charge < -0.3 is 22.3 Å². The molecule has 4 heteroatoms. The first-order valence-electron chi connectivity index (χ1n) is 2.41. The zero-order chi connectivity index (χ0) is 6.78. The normalized spacial score (nSPS) is 18.8. The van der Waals surface area contributed by atoms with Gasteiger partial charge in [0.15, 0.2) is 0 Å². The van der Waals surface area contributed by atoms with Crippen LogP contribution >= 0.6 is 0 Å². The summed E-state index contributed by atoms with van der Waals surface area (Å²) < 4.78 is 0. The van der Waals surface area contributed by atoms with Gasteiger partial charge in [0.2, 0.25) is 0 Å². The van der Waals surface area contributed by atoms with E-state index in [1.807, 2.05) is 0 Å². The minimum Gasteiger partial charge on any atom is -0.394 e. The molecule has 0 saturated heterocycles. The average molecular weight is 119 g/mol. The van der Waals surface area contributed by atoms with Crippen molar-refractivity contribution in [2.45, 2.75) is 18.6 Å². The van der Waals surface area contributed by atoms with E-state index in [4.69, 9.17) is 22.3 Å². The minimum absolute atomic E-state index is 0.190. The van der Waals surface area contributed by atoms with E-state index < -0.39 is 11.7 Å². The maximum absolute atomic E-state index is 8.48. The summed E-state index contributed by atoms with van der Waals surface area (Å²) in [5, 5.41) is 8.48. The predicted octanol–water partition coefficient (Wildman–Crippen LogP) is -2.06. The van der Waals surface area contributed by atoms with E-state index in [9.17, 15) is 0 Å².